The second-order valence-corrected chi connectivity index (χ2v) is 3.28. The van der Waals surface area contributed by atoms with Crippen molar-refractivity contribution in [1.82, 2.24) is 4.98 Å². The Hall–Kier alpha value is -2.16. The van der Waals surface area contributed by atoms with Gasteiger partial charge < -0.3 is 4.74 Å². The molecule has 1 aromatic heterocycles. The lowest BCUT2D eigenvalue weighted by atomic mass is 10.1. The molecule has 0 bridgehead atoms. The van der Waals surface area contributed by atoms with E-state index in [2.05, 4.69) is 9.72 Å². The molecule has 0 fully saturated rings. The molecule has 2 rings (SSSR count). The molecule has 16 heavy (non-hydrogen) atoms. The number of rotatable bonds is 2. The van der Waals surface area contributed by atoms with Crippen LogP contribution in [0.5, 0.6) is 0 Å². The SMILES string of the molecule is COC(=O)/C=C/c1cccc2cccnc12. The van der Waals surface area contributed by atoms with Crippen molar-refractivity contribution < 1.29 is 9.53 Å². The monoisotopic (exact) mass is 213 g/mol. The highest BCUT2D eigenvalue weighted by molar-refractivity contribution is 5.92. The smallest absolute Gasteiger partial charge is 0.330 e. The summed E-state index contributed by atoms with van der Waals surface area (Å²) in [5.41, 5.74) is 1.79. The van der Waals surface area contributed by atoms with Gasteiger partial charge in [-0.25, -0.2) is 4.79 Å². The number of methoxy groups -OCH3 is 1. The number of benzene rings is 1. The molecule has 0 aliphatic rings. The van der Waals surface area contributed by atoms with Gasteiger partial charge in [-0.15, -0.1) is 0 Å². The molecule has 1 aromatic carbocycles. The Morgan fingerprint density at radius 2 is 2.12 bits per heavy atom. The Labute approximate surface area is 93.4 Å². The van der Waals surface area contributed by atoms with Crippen LogP contribution in [-0.4, -0.2) is 18.1 Å². The highest BCUT2D eigenvalue weighted by Crippen LogP contribution is 2.16. The first kappa shape index (κ1) is 10.4. The third kappa shape index (κ3) is 2.08. The van der Waals surface area contributed by atoms with E-state index in [1.54, 1.807) is 12.3 Å². The van der Waals surface area contributed by atoms with Crippen molar-refractivity contribution >= 4 is 22.9 Å². The Morgan fingerprint density at radius 1 is 1.31 bits per heavy atom. The van der Waals surface area contributed by atoms with Crippen LogP contribution in [0.1, 0.15) is 5.56 Å². The van der Waals surface area contributed by atoms with E-state index in [1.807, 2.05) is 30.3 Å². The van der Waals surface area contributed by atoms with Gasteiger partial charge in [-0.05, 0) is 12.1 Å². The Bertz CT molecular complexity index is 541. The van der Waals surface area contributed by atoms with Gasteiger partial charge in [0.2, 0.25) is 0 Å². The van der Waals surface area contributed by atoms with Crippen molar-refractivity contribution in [3.63, 3.8) is 0 Å². The van der Waals surface area contributed by atoms with Crippen LogP contribution >= 0.6 is 0 Å². The number of esters is 1. The van der Waals surface area contributed by atoms with E-state index in [-0.39, 0.29) is 5.97 Å². The first-order valence-corrected chi connectivity index (χ1v) is 4.91. The summed E-state index contributed by atoms with van der Waals surface area (Å²) in [5, 5.41) is 1.05. The fourth-order valence-electron chi connectivity index (χ4n) is 1.49. The van der Waals surface area contributed by atoms with Gasteiger partial charge in [0, 0.05) is 23.2 Å². The van der Waals surface area contributed by atoms with Crippen molar-refractivity contribution in [2.45, 2.75) is 0 Å². The lowest BCUT2D eigenvalue weighted by Gasteiger charge is -2.00. The summed E-state index contributed by atoms with van der Waals surface area (Å²) in [7, 11) is 1.36. The first-order chi connectivity index (χ1) is 7.81. The number of aromatic nitrogens is 1. The van der Waals surface area contributed by atoms with Crippen LogP contribution in [0, 0.1) is 0 Å². The van der Waals surface area contributed by atoms with E-state index < -0.39 is 0 Å². The van der Waals surface area contributed by atoms with E-state index >= 15 is 0 Å². The fourth-order valence-corrected chi connectivity index (χ4v) is 1.49. The zero-order valence-electron chi connectivity index (χ0n) is 8.88. The topological polar surface area (TPSA) is 39.2 Å². The minimum Gasteiger partial charge on any atom is -0.466 e. The van der Waals surface area contributed by atoms with Crippen LogP contribution in [-0.2, 0) is 9.53 Å². The number of hydrogen-bond donors (Lipinski definition) is 0. The summed E-state index contributed by atoms with van der Waals surface area (Å²) in [6, 6.07) is 9.70. The normalized spacial score (nSPS) is 10.8. The number of fused-ring (bicyclic) bond motifs is 1. The molecular formula is C13H11NO2. The maximum absolute atomic E-state index is 11.0. The van der Waals surface area contributed by atoms with Crippen LogP contribution in [0.3, 0.4) is 0 Å². The molecule has 0 aliphatic carbocycles. The third-order valence-corrected chi connectivity index (χ3v) is 2.26. The van der Waals surface area contributed by atoms with Gasteiger partial charge in [0.15, 0.2) is 0 Å². The minimum atomic E-state index is -0.368. The Balaban J connectivity index is 2.45. The van der Waals surface area contributed by atoms with Gasteiger partial charge in [0.25, 0.3) is 0 Å². The maximum Gasteiger partial charge on any atom is 0.330 e. The van der Waals surface area contributed by atoms with Crippen molar-refractivity contribution in [3.8, 4) is 0 Å². The Morgan fingerprint density at radius 3 is 2.94 bits per heavy atom. The molecule has 80 valence electrons. The van der Waals surface area contributed by atoms with Crippen LogP contribution in [0.4, 0.5) is 0 Å². The summed E-state index contributed by atoms with van der Waals surface area (Å²) >= 11 is 0. The number of nitrogens with zero attached hydrogens (tertiary/aromatic N) is 1. The van der Waals surface area contributed by atoms with E-state index in [4.69, 9.17) is 0 Å². The van der Waals surface area contributed by atoms with Crippen molar-refractivity contribution in [2.75, 3.05) is 7.11 Å². The number of para-hydroxylation sites is 1. The molecule has 0 atom stereocenters. The maximum atomic E-state index is 11.0. The number of carbonyl (C=O) groups is 1. The van der Waals surface area contributed by atoms with E-state index in [1.165, 1.54) is 13.2 Å². The largest absolute Gasteiger partial charge is 0.466 e. The lowest BCUT2D eigenvalue weighted by Crippen LogP contribution is -1.93. The van der Waals surface area contributed by atoms with Crippen LogP contribution < -0.4 is 0 Å². The van der Waals surface area contributed by atoms with Gasteiger partial charge in [-0.1, -0.05) is 24.3 Å². The van der Waals surface area contributed by atoms with E-state index in [0.29, 0.717) is 0 Å². The summed E-state index contributed by atoms with van der Waals surface area (Å²) in [5.74, 6) is -0.368. The number of hydrogen-bond acceptors (Lipinski definition) is 3. The zero-order valence-corrected chi connectivity index (χ0v) is 8.88. The predicted molar refractivity (Wildman–Crippen MR) is 62.8 cm³/mol. The van der Waals surface area contributed by atoms with Crippen molar-refractivity contribution in [1.29, 1.82) is 0 Å². The van der Waals surface area contributed by atoms with Crippen molar-refractivity contribution in [2.24, 2.45) is 0 Å². The minimum absolute atomic E-state index is 0.368. The lowest BCUT2D eigenvalue weighted by molar-refractivity contribution is -0.134. The predicted octanol–water partition coefficient (Wildman–Crippen LogP) is 2.42. The molecule has 2 aromatic rings. The third-order valence-electron chi connectivity index (χ3n) is 2.26. The van der Waals surface area contributed by atoms with Gasteiger partial charge in [-0.3, -0.25) is 4.98 Å². The standard InChI is InChI=1S/C13H11NO2/c1-16-12(15)8-7-11-5-2-4-10-6-3-9-14-13(10)11/h2-9H,1H3/b8-7+. The molecule has 1 heterocycles. The summed E-state index contributed by atoms with van der Waals surface area (Å²) < 4.78 is 4.54. The van der Waals surface area contributed by atoms with Crippen molar-refractivity contribution in [3.05, 3.63) is 48.2 Å². The van der Waals surface area contributed by atoms with Crippen LogP contribution in [0.15, 0.2) is 42.6 Å². The Kier molecular flexibility index (Phi) is 2.96. The molecule has 0 spiro atoms. The molecule has 0 saturated heterocycles. The molecule has 3 heteroatoms. The zero-order chi connectivity index (χ0) is 11.4. The molecule has 0 radical (unpaired) electrons. The van der Waals surface area contributed by atoms with E-state index in [0.717, 1.165) is 16.5 Å². The molecule has 0 amide bonds. The van der Waals surface area contributed by atoms with E-state index in [9.17, 15) is 4.79 Å². The summed E-state index contributed by atoms with van der Waals surface area (Å²) in [6.07, 6.45) is 4.84. The van der Waals surface area contributed by atoms with Crippen LogP contribution in [0.25, 0.3) is 17.0 Å². The molecule has 0 unspecified atom stereocenters. The molecule has 0 N–H and O–H groups in total. The summed E-state index contributed by atoms with van der Waals surface area (Å²) in [4.78, 5) is 15.3. The highest BCUT2D eigenvalue weighted by Gasteiger charge is 1.98. The van der Waals surface area contributed by atoms with Gasteiger partial charge >= 0.3 is 5.97 Å². The quantitative estimate of drug-likeness (QED) is 0.568. The number of carbonyl (C=O) groups excluding carboxylic acids is 1. The molecule has 0 saturated carbocycles. The molecular weight excluding hydrogens is 202 g/mol. The van der Waals surface area contributed by atoms with Gasteiger partial charge in [0.05, 0.1) is 12.6 Å². The second-order valence-electron chi connectivity index (χ2n) is 3.28. The van der Waals surface area contributed by atoms with Crippen LogP contribution in [0.2, 0.25) is 0 Å². The highest BCUT2D eigenvalue weighted by atomic mass is 16.5. The average Bonchev–Trinajstić information content (AvgIpc) is 2.35. The molecule has 3 nitrogen and oxygen atoms in total. The number of ether oxygens (including phenoxy) is 1. The fraction of sp³-hybridized carbons (Fsp3) is 0.0769. The van der Waals surface area contributed by atoms with Gasteiger partial charge in [0.1, 0.15) is 0 Å². The average molecular weight is 213 g/mol. The molecule has 0 aliphatic heterocycles. The second kappa shape index (κ2) is 4.57. The van der Waals surface area contributed by atoms with Gasteiger partial charge in [-0.2, -0.15) is 0 Å². The number of pyridine rings is 1. The summed E-state index contributed by atoms with van der Waals surface area (Å²) in [6.45, 7) is 0. The first-order valence-electron chi connectivity index (χ1n) is 4.91.